The van der Waals surface area contributed by atoms with E-state index in [4.69, 9.17) is 16.3 Å². The SMILES string of the molecule is O=C(NCC1CCCO1)c1ccc(Cl)c(S(=O)(=O)N2CCC(Cc3ccccc3)CC2)c1. The minimum absolute atomic E-state index is 0.00885. The van der Waals surface area contributed by atoms with Crippen LogP contribution < -0.4 is 5.32 Å². The molecule has 1 amide bonds. The van der Waals surface area contributed by atoms with Crippen LogP contribution in [0.2, 0.25) is 5.02 Å². The Morgan fingerprint density at radius 3 is 2.53 bits per heavy atom. The smallest absolute Gasteiger partial charge is 0.251 e. The number of nitrogens with zero attached hydrogens (tertiary/aromatic N) is 1. The molecule has 1 unspecified atom stereocenters. The standard InChI is InChI=1S/C24H29ClN2O4S/c25-22-9-8-20(24(28)26-17-21-7-4-14-31-21)16-23(22)32(29,30)27-12-10-19(11-13-27)15-18-5-2-1-3-6-18/h1-3,5-6,8-9,16,19,21H,4,7,10-15,17H2,(H,26,28). The van der Waals surface area contributed by atoms with Crippen molar-refractivity contribution in [1.82, 2.24) is 9.62 Å². The van der Waals surface area contributed by atoms with E-state index in [0.717, 1.165) is 32.1 Å². The maximum atomic E-state index is 13.3. The molecule has 172 valence electrons. The molecule has 1 atom stereocenters. The lowest BCUT2D eigenvalue weighted by molar-refractivity contribution is 0.0857. The molecule has 4 rings (SSSR count). The Hall–Kier alpha value is -1.93. The highest BCUT2D eigenvalue weighted by molar-refractivity contribution is 7.89. The summed E-state index contributed by atoms with van der Waals surface area (Å²) in [5.74, 6) is 0.129. The number of rotatable bonds is 7. The van der Waals surface area contributed by atoms with E-state index in [-0.39, 0.29) is 27.5 Å². The van der Waals surface area contributed by atoms with E-state index in [1.165, 1.54) is 22.0 Å². The van der Waals surface area contributed by atoms with Crippen LogP contribution in [0.15, 0.2) is 53.4 Å². The zero-order valence-electron chi connectivity index (χ0n) is 18.0. The van der Waals surface area contributed by atoms with Crippen molar-refractivity contribution in [2.75, 3.05) is 26.2 Å². The molecule has 0 spiro atoms. The molecular weight excluding hydrogens is 448 g/mol. The number of sulfonamides is 1. The second-order valence-corrected chi connectivity index (χ2v) is 10.8. The number of hydrogen-bond acceptors (Lipinski definition) is 4. The molecule has 2 saturated heterocycles. The molecule has 0 saturated carbocycles. The van der Waals surface area contributed by atoms with Gasteiger partial charge in [-0.3, -0.25) is 4.79 Å². The molecule has 2 aromatic rings. The lowest BCUT2D eigenvalue weighted by atomic mass is 9.91. The molecule has 0 bridgehead atoms. The van der Waals surface area contributed by atoms with Crippen LogP contribution in [0.5, 0.6) is 0 Å². The number of ether oxygens (including phenoxy) is 1. The van der Waals surface area contributed by atoms with Gasteiger partial charge in [0.2, 0.25) is 10.0 Å². The summed E-state index contributed by atoms with van der Waals surface area (Å²) in [6, 6.07) is 14.7. The number of piperidine rings is 1. The van der Waals surface area contributed by atoms with Crippen LogP contribution in [0.4, 0.5) is 0 Å². The Labute approximate surface area is 195 Å². The summed E-state index contributed by atoms with van der Waals surface area (Å²) in [6.07, 6.45) is 4.48. The Bertz CT molecular complexity index is 1030. The third-order valence-corrected chi connectivity index (χ3v) is 8.65. The summed E-state index contributed by atoms with van der Waals surface area (Å²) < 4.78 is 33.6. The van der Waals surface area contributed by atoms with Crippen molar-refractivity contribution in [2.24, 2.45) is 5.92 Å². The summed E-state index contributed by atoms with van der Waals surface area (Å²) in [5.41, 5.74) is 1.56. The highest BCUT2D eigenvalue weighted by Gasteiger charge is 2.31. The number of benzene rings is 2. The van der Waals surface area contributed by atoms with Crippen LogP contribution in [0.3, 0.4) is 0 Å². The van der Waals surface area contributed by atoms with Crippen LogP contribution in [0.25, 0.3) is 0 Å². The summed E-state index contributed by atoms with van der Waals surface area (Å²) >= 11 is 6.26. The van der Waals surface area contributed by atoms with Gasteiger partial charge in [0.05, 0.1) is 11.1 Å². The highest BCUT2D eigenvalue weighted by Crippen LogP contribution is 2.30. The fraction of sp³-hybridized carbons (Fsp3) is 0.458. The predicted molar refractivity (Wildman–Crippen MR) is 124 cm³/mol. The number of carbonyl (C=O) groups excluding carboxylic acids is 1. The summed E-state index contributed by atoms with van der Waals surface area (Å²) in [4.78, 5) is 12.6. The molecule has 2 aromatic carbocycles. The van der Waals surface area contributed by atoms with Gasteiger partial charge >= 0.3 is 0 Å². The molecule has 1 N–H and O–H groups in total. The van der Waals surface area contributed by atoms with Gasteiger partial charge in [-0.15, -0.1) is 0 Å². The number of amides is 1. The molecule has 8 heteroatoms. The van der Waals surface area contributed by atoms with Gasteiger partial charge < -0.3 is 10.1 Å². The first-order valence-electron chi connectivity index (χ1n) is 11.2. The van der Waals surface area contributed by atoms with E-state index in [1.54, 1.807) is 6.07 Å². The molecule has 2 aliphatic heterocycles. The first-order valence-corrected chi connectivity index (χ1v) is 13.0. The lowest BCUT2D eigenvalue weighted by Gasteiger charge is -2.31. The fourth-order valence-electron chi connectivity index (χ4n) is 4.40. The van der Waals surface area contributed by atoms with Gasteiger partial charge in [0, 0.05) is 31.8 Å². The average molecular weight is 477 g/mol. The average Bonchev–Trinajstić information content (AvgIpc) is 3.32. The van der Waals surface area contributed by atoms with Gasteiger partial charge in [0.15, 0.2) is 0 Å². The number of halogens is 1. The normalized spacial score (nSPS) is 20.3. The number of carbonyl (C=O) groups is 1. The van der Waals surface area contributed by atoms with Crippen molar-refractivity contribution >= 4 is 27.5 Å². The molecule has 0 aromatic heterocycles. The van der Waals surface area contributed by atoms with Crippen molar-refractivity contribution in [3.8, 4) is 0 Å². The first kappa shape index (κ1) is 23.2. The van der Waals surface area contributed by atoms with Gasteiger partial charge in [-0.25, -0.2) is 8.42 Å². The third kappa shape index (κ3) is 5.52. The zero-order valence-corrected chi connectivity index (χ0v) is 19.6. The third-order valence-electron chi connectivity index (χ3n) is 6.27. The summed E-state index contributed by atoms with van der Waals surface area (Å²) in [7, 11) is -3.78. The Kier molecular flexibility index (Phi) is 7.51. The van der Waals surface area contributed by atoms with Gasteiger partial charge in [-0.2, -0.15) is 4.31 Å². The van der Waals surface area contributed by atoms with E-state index in [0.29, 0.717) is 32.2 Å². The minimum Gasteiger partial charge on any atom is -0.376 e. The summed E-state index contributed by atoms with van der Waals surface area (Å²) in [6.45, 7) is 2.03. The van der Waals surface area contributed by atoms with Crippen LogP contribution in [0.1, 0.15) is 41.6 Å². The largest absolute Gasteiger partial charge is 0.376 e. The molecule has 2 heterocycles. The Morgan fingerprint density at radius 1 is 1.09 bits per heavy atom. The molecule has 2 fully saturated rings. The van der Waals surface area contributed by atoms with E-state index >= 15 is 0 Å². The van der Waals surface area contributed by atoms with E-state index < -0.39 is 10.0 Å². The molecular formula is C24H29ClN2O4S. The number of hydrogen-bond donors (Lipinski definition) is 1. The van der Waals surface area contributed by atoms with Gasteiger partial charge in [0.25, 0.3) is 5.91 Å². The molecule has 0 radical (unpaired) electrons. The maximum absolute atomic E-state index is 13.3. The van der Waals surface area contributed by atoms with Crippen molar-refractivity contribution < 1.29 is 17.9 Å². The molecule has 32 heavy (non-hydrogen) atoms. The monoisotopic (exact) mass is 476 g/mol. The van der Waals surface area contributed by atoms with Crippen molar-refractivity contribution in [2.45, 2.75) is 43.1 Å². The topological polar surface area (TPSA) is 75.7 Å². The maximum Gasteiger partial charge on any atom is 0.251 e. The van der Waals surface area contributed by atoms with Gasteiger partial charge in [-0.05, 0) is 61.8 Å². The van der Waals surface area contributed by atoms with Gasteiger partial charge in [-0.1, -0.05) is 41.9 Å². The van der Waals surface area contributed by atoms with Crippen molar-refractivity contribution in [3.05, 3.63) is 64.7 Å². The molecule has 0 aliphatic carbocycles. The lowest BCUT2D eigenvalue weighted by Crippen LogP contribution is -2.39. The highest BCUT2D eigenvalue weighted by atomic mass is 35.5. The minimum atomic E-state index is -3.78. The number of nitrogens with one attached hydrogen (secondary N) is 1. The molecule has 6 nitrogen and oxygen atoms in total. The second kappa shape index (κ2) is 10.3. The predicted octanol–water partition coefficient (Wildman–Crippen LogP) is 3.89. The zero-order chi connectivity index (χ0) is 22.6. The van der Waals surface area contributed by atoms with Crippen LogP contribution in [-0.2, 0) is 21.2 Å². The second-order valence-electron chi connectivity index (χ2n) is 8.53. The van der Waals surface area contributed by atoms with E-state index in [9.17, 15) is 13.2 Å². The Morgan fingerprint density at radius 2 is 1.84 bits per heavy atom. The fourth-order valence-corrected chi connectivity index (χ4v) is 6.37. The van der Waals surface area contributed by atoms with E-state index in [2.05, 4.69) is 17.4 Å². The van der Waals surface area contributed by atoms with Crippen LogP contribution in [0, 0.1) is 5.92 Å². The quantitative estimate of drug-likeness (QED) is 0.657. The first-order chi connectivity index (χ1) is 15.4. The van der Waals surface area contributed by atoms with Crippen molar-refractivity contribution in [3.63, 3.8) is 0 Å². The van der Waals surface area contributed by atoms with Crippen LogP contribution >= 0.6 is 11.6 Å². The van der Waals surface area contributed by atoms with Gasteiger partial charge in [0.1, 0.15) is 4.90 Å². The Balaban J connectivity index is 1.40. The van der Waals surface area contributed by atoms with Crippen molar-refractivity contribution in [1.29, 1.82) is 0 Å². The van der Waals surface area contributed by atoms with E-state index in [1.807, 2.05) is 18.2 Å². The summed E-state index contributed by atoms with van der Waals surface area (Å²) in [5, 5.41) is 2.96. The van der Waals surface area contributed by atoms with Crippen LogP contribution in [-0.4, -0.2) is 51.0 Å². The molecule has 2 aliphatic rings.